The van der Waals surface area contributed by atoms with Gasteiger partial charge in [0.2, 0.25) is 0 Å². The second-order valence-electron chi connectivity index (χ2n) is 7.00. The van der Waals surface area contributed by atoms with Gasteiger partial charge in [-0.1, -0.05) is 54.9 Å². The fourth-order valence-corrected chi connectivity index (χ4v) is 4.59. The molecule has 2 fully saturated rings. The quantitative estimate of drug-likeness (QED) is 0.745. The molecule has 104 valence electrons. The van der Waals surface area contributed by atoms with E-state index in [-0.39, 0.29) is 0 Å². The molecule has 3 unspecified atom stereocenters. The molecule has 0 N–H and O–H groups in total. The molecular weight excluding hydrogens is 300 g/mol. The fraction of sp³-hybridized carbons (Fsp3) is 0.647. The van der Waals surface area contributed by atoms with E-state index >= 15 is 0 Å². The maximum Gasteiger partial charge on any atom is 0.0731 e. The molecule has 1 nitrogen and oxygen atoms in total. The Morgan fingerprint density at radius 2 is 2.00 bits per heavy atom. The van der Waals surface area contributed by atoms with E-state index < -0.39 is 0 Å². The molecule has 2 heteroatoms. The standard InChI is InChI=1S/C17H23BrO/c1-16(2)13-8-9-17(16,3)15(10-13)19-11-12-6-4-5-7-14(12)18/h4-7,13,15H,8-11H2,1-3H3. The number of rotatable bonds is 3. The summed E-state index contributed by atoms with van der Waals surface area (Å²) in [5, 5.41) is 0. The van der Waals surface area contributed by atoms with Crippen molar-refractivity contribution in [2.24, 2.45) is 16.7 Å². The van der Waals surface area contributed by atoms with Crippen molar-refractivity contribution in [2.45, 2.75) is 52.7 Å². The molecule has 2 aliphatic carbocycles. The van der Waals surface area contributed by atoms with Gasteiger partial charge >= 0.3 is 0 Å². The Morgan fingerprint density at radius 1 is 1.26 bits per heavy atom. The van der Waals surface area contributed by atoms with Crippen molar-refractivity contribution in [3.05, 3.63) is 34.3 Å². The van der Waals surface area contributed by atoms with E-state index in [0.29, 0.717) is 16.9 Å². The molecule has 2 bridgehead atoms. The zero-order chi connectivity index (χ0) is 13.7. The number of hydrogen-bond donors (Lipinski definition) is 0. The van der Waals surface area contributed by atoms with Gasteiger partial charge in [-0.15, -0.1) is 0 Å². The van der Waals surface area contributed by atoms with E-state index in [1.165, 1.54) is 24.8 Å². The Labute approximate surface area is 124 Å². The minimum Gasteiger partial charge on any atom is -0.373 e. The normalized spacial score (nSPS) is 35.8. The van der Waals surface area contributed by atoms with E-state index in [2.05, 4.69) is 61.0 Å². The lowest BCUT2D eigenvalue weighted by Gasteiger charge is -2.39. The Hall–Kier alpha value is -0.340. The zero-order valence-corrected chi connectivity index (χ0v) is 13.7. The van der Waals surface area contributed by atoms with Crippen molar-refractivity contribution in [2.75, 3.05) is 0 Å². The molecule has 19 heavy (non-hydrogen) atoms. The third kappa shape index (κ3) is 1.99. The van der Waals surface area contributed by atoms with Crippen LogP contribution in [0.2, 0.25) is 0 Å². The van der Waals surface area contributed by atoms with Gasteiger partial charge in [0.15, 0.2) is 0 Å². The highest BCUT2D eigenvalue weighted by Gasteiger charge is 2.61. The fourth-order valence-electron chi connectivity index (χ4n) is 4.19. The topological polar surface area (TPSA) is 9.23 Å². The first-order chi connectivity index (χ1) is 8.95. The molecule has 0 radical (unpaired) electrons. The highest BCUT2D eigenvalue weighted by molar-refractivity contribution is 9.10. The molecule has 0 amide bonds. The van der Waals surface area contributed by atoms with Crippen LogP contribution in [0.1, 0.15) is 45.6 Å². The van der Waals surface area contributed by atoms with E-state index in [9.17, 15) is 0 Å². The number of halogens is 1. The minimum absolute atomic E-state index is 0.360. The largest absolute Gasteiger partial charge is 0.373 e. The summed E-state index contributed by atoms with van der Waals surface area (Å²) in [5.41, 5.74) is 2.05. The van der Waals surface area contributed by atoms with Crippen molar-refractivity contribution in [3.8, 4) is 0 Å². The van der Waals surface area contributed by atoms with Crippen molar-refractivity contribution in [1.29, 1.82) is 0 Å². The molecule has 0 spiro atoms. The summed E-state index contributed by atoms with van der Waals surface area (Å²) in [7, 11) is 0. The average molecular weight is 323 g/mol. The van der Waals surface area contributed by atoms with E-state index in [1.54, 1.807) is 0 Å². The molecule has 1 aromatic rings. The van der Waals surface area contributed by atoms with Gasteiger partial charge in [0, 0.05) is 4.47 Å². The third-order valence-corrected chi connectivity index (χ3v) is 6.89. The van der Waals surface area contributed by atoms with Crippen LogP contribution in [0.25, 0.3) is 0 Å². The van der Waals surface area contributed by atoms with Crippen LogP contribution in [-0.4, -0.2) is 6.10 Å². The van der Waals surface area contributed by atoms with Gasteiger partial charge in [0.05, 0.1) is 12.7 Å². The molecular formula is C17H23BrO. The van der Waals surface area contributed by atoms with Crippen LogP contribution < -0.4 is 0 Å². The summed E-state index contributed by atoms with van der Waals surface area (Å²) >= 11 is 3.60. The monoisotopic (exact) mass is 322 g/mol. The summed E-state index contributed by atoms with van der Waals surface area (Å²) < 4.78 is 7.47. The smallest absolute Gasteiger partial charge is 0.0731 e. The number of ether oxygens (including phenoxy) is 1. The first-order valence-corrected chi connectivity index (χ1v) is 8.09. The predicted octanol–water partition coefficient (Wildman–Crippen LogP) is 5.18. The zero-order valence-electron chi connectivity index (χ0n) is 12.1. The first kappa shape index (κ1) is 13.6. The lowest BCUT2D eigenvalue weighted by atomic mass is 9.70. The lowest BCUT2D eigenvalue weighted by molar-refractivity contribution is -0.0552. The molecule has 0 heterocycles. The van der Waals surface area contributed by atoms with Crippen LogP contribution in [0.3, 0.4) is 0 Å². The average Bonchev–Trinajstić information content (AvgIpc) is 2.70. The highest BCUT2D eigenvalue weighted by atomic mass is 79.9. The van der Waals surface area contributed by atoms with Gasteiger partial charge in [0.1, 0.15) is 0 Å². The molecule has 2 saturated carbocycles. The molecule has 0 saturated heterocycles. The van der Waals surface area contributed by atoms with Crippen LogP contribution in [0.15, 0.2) is 28.7 Å². The molecule has 3 rings (SSSR count). The third-order valence-electron chi connectivity index (χ3n) is 6.11. The number of hydrogen-bond acceptors (Lipinski definition) is 1. The predicted molar refractivity (Wildman–Crippen MR) is 81.9 cm³/mol. The van der Waals surface area contributed by atoms with Crippen LogP contribution in [0, 0.1) is 16.7 Å². The highest BCUT2D eigenvalue weighted by Crippen LogP contribution is 2.66. The Morgan fingerprint density at radius 3 is 2.58 bits per heavy atom. The summed E-state index contributed by atoms with van der Waals surface area (Å²) in [6, 6.07) is 8.36. The SMILES string of the molecule is CC1(C)C2CCC1(C)C(OCc1ccccc1Br)C2. The van der Waals surface area contributed by atoms with Crippen molar-refractivity contribution >= 4 is 15.9 Å². The van der Waals surface area contributed by atoms with Crippen LogP contribution >= 0.6 is 15.9 Å². The summed E-state index contributed by atoms with van der Waals surface area (Å²) in [6.07, 6.45) is 4.38. The van der Waals surface area contributed by atoms with E-state index in [4.69, 9.17) is 4.74 Å². The molecule has 0 aromatic heterocycles. The van der Waals surface area contributed by atoms with Crippen LogP contribution in [0.4, 0.5) is 0 Å². The minimum atomic E-state index is 0.360. The maximum absolute atomic E-state index is 6.31. The second-order valence-corrected chi connectivity index (χ2v) is 7.86. The number of benzene rings is 1. The molecule has 3 atom stereocenters. The summed E-state index contributed by atoms with van der Waals surface area (Å²) in [4.78, 5) is 0. The van der Waals surface area contributed by atoms with Crippen molar-refractivity contribution in [1.82, 2.24) is 0 Å². The Bertz CT molecular complexity index is 482. The molecule has 2 aliphatic rings. The Kier molecular flexibility index (Phi) is 3.30. The van der Waals surface area contributed by atoms with Gasteiger partial charge in [0.25, 0.3) is 0 Å². The maximum atomic E-state index is 6.31. The van der Waals surface area contributed by atoms with Crippen molar-refractivity contribution < 1.29 is 4.74 Å². The van der Waals surface area contributed by atoms with Gasteiger partial charge in [-0.05, 0) is 47.6 Å². The lowest BCUT2D eigenvalue weighted by Crippen LogP contribution is -2.37. The number of fused-ring (bicyclic) bond motifs is 2. The van der Waals surface area contributed by atoms with Gasteiger partial charge in [-0.3, -0.25) is 0 Å². The molecule has 1 aromatic carbocycles. The van der Waals surface area contributed by atoms with Gasteiger partial charge in [-0.25, -0.2) is 0 Å². The summed E-state index contributed by atoms with van der Waals surface area (Å²) in [6.45, 7) is 8.04. The van der Waals surface area contributed by atoms with E-state index in [0.717, 1.165) is 17.0 Å². The Balaban J connectivity index is 1.71. The van der Waals surface area contributed by atoms with Gasteiger partial charge < -0.3 is 4.74 Å². The van der Waals surface area contributed by atoms with E-state index in [1.807, 2.05) is 0 Å². The van der Waals surface area contributed by atoms with Crippen LogP contribution in [-0.2, 0) is 11.3 Å². The molecule has 0 aliphatic heterocycles. The second kappa shape index (κ2) is 4.60. The van der Waals surface area contributed by atoms with Gasteiger partial charge in [-0.2, -0.15) is 0 Å². The van der Waals surface area contributed by atoms with Crippen molar-refractivity contribution in [3.63, 3.8) is 0 Å². The summed E-state index contributed by atoms with van der Waals surface area (Å²) in [5.74, 6) is 0.849. The van der Waals surface area contributed by atoms with Crippen LogP contribution in [0.5, 0.6) is 0 Å². The first-order valence-electron chi connectivity index (χ1n) is 7.30.